The van der Waals surface area contributed by atoms with Gasteiger partial charge in [-0.25, -0.2) is 0 Å². The van der Waals surface area contributed by atoms with Crippen molar-refractivity contribution >= 4 is 11.6 Å². The van der Waals surface area contributed by atoms with Crippen LogP contribution in [0.4, 0.5) is 0 Å². The van der Waals surface area contributed by atoms with Gasteiger partial charge in [-0.1, -0.05) is 6.92 Å². The molecule has 1 aliphatic rings. The number of hydrogen-bond acceptors (Lipinski definition) is 1. The van der Waals surface area contributed by atoms with Crippen LogP contribution in [0.1, 0.15) is 45.3 Å². The molecule has 3 unspecified atom stereocenters. The maximum absolute atomic E-state index is 6.25. The summed E-state index contributed by atoms with van der Waals surface area (Å²) in [5.74, 6) is 1.35. The molecule has 0 bridgehead atoms. The van der Waals surface area contributed by atoms with Gasteiger partial charge in [0.15, 0.2) is 0 Å². The molecule has 1 aromatic rings. The van der Waals surface area contributed by atoms with E-state index in [4.69, 9.17) is 11.6 Å². The van der Waals surface area contributed by atoms with E-state index in [1.807, 2.05) is 4.68 Å². The maximum Gasteiger partial charge on any atom is 0.0627 e. The summed E-state index contributed by atoms with van der Waals surface area (Å²) in [6.45, 7) is 6.59. The summed E-state index contributed by atoms with van der Waals surface area (Å²) in [5, 5.41) is 4.98. The van der Waals surface area contributed by atoms with Gasteiger partial charge in [-0.15, -0.1) is 11.6 Å². The second kappa shape index (κ2) is 4.79. The third kappa shape index (κ3) is 2.42. The number of hydrogen-bond donors (Lipinski definition) is 0. The molecule has 1 aromatic heterocycles. The first-order valence-electron chi connectivity index (χ1n) is 6.26. The van der Waals surface area contributed by atoms with Crippen molar-refractivity contribution in [3.8, 4) is 0 Å². The molecule has 0 spiro atoms. The van der Waals surface area contributed by atoms with E-state index in [0.717, 1.165) is 18.8 Å². The monoisotopic (exact) mass is 240 g/mol. The largest absolute Gasteiger partial charge is 0.270 e. The van der Waals surface area contributed by atoms with Crippen LogP contribution in [0.25, 0.3) is 0 Å². The average Bonchev–Trinajstić information content (AvgIpc) is 2.81. The molecule has 0 amide bonds. The van der Waals surface area contributed by atoms with Crippen LogP contribution in [0.3, 0.4) is 0 Å². The van der Waals surface area contributed by atoms with E-state index in [9.17, 15) is 0 Å². The minimum Gasteiger partial charge on any atom is -0.270 e. The van der Waals surface area contributed by atoms with Crippen molar-refractivity contribution in [1.29, 1.82) is 0 Å². The lowest BCUT2D eigenvalue weighted by Gasteiger charge is -2.15. The Morgan fingerprint density at radius 3 is 2.75 bits per heavy atom. The van der Waals surface area contributed by atoms with Gasteiger partial charge < -0.3 is 0 Å². The molecule has 90 valence electrons. The van der Waals surface area contributed by atoms with E-state index in [1.165, 1.54) is 12.1 Å². The molecule has 1 aliphatic carbocycles. The van der Waals surface area contributed by atoms with Gasteiger partial charge in [0.1, 0.15) is 0 Å². The van der Waals surface area contributed by atoms with Crippen molar-refractivity contribution in [3.05, 3.63) is 18.0 Å². The first kappa shape index (κ1) is 12.0. The summed E-state index contributed by atoms with van der Waals surface area (Å²) in [6.07, 6.45) is 5.59. The topological polar surface area (TPSA) is 17.8 Å². The van der Waals surface area contributed by atoms with Crippen molar-refractivity contribution in [2.75, 3.05) is 0 Å². The van der Waals surface area contributed by atoms with Crippen LogP contribution >= 0.6 is 11.6 Å². The minimum absolute atomic E-state index is 0.372. The van der Waals surface area contributed by atoms with Crippen LogP contribution in [0.2, 0.25) is 0 Å². The molecular weight excluding hydrogens is 220 g/mol. The van der Waals surface area contributed by atoms with Crippen LogP contribution in [0, 0.1) is 11.8 Å². The van der Waals surface area contributed by atoms with E-state index in [2.05, 4.69) is 38.1 Å². The molecule has 1 fully saturated rings. The molecule has 3 atom stereocenters. The van der Waals surface area contributed by atoms with Gasteiger partial charge in [0.25, 0.3) is 0 Å². The van der Waals surface area contributed by atoms with Gasteiger partial charge in [-0.2, -0.15) is 5.10 Å². The molecule has 0 aliphatic heterocycles. The predicted octanol–water partition coefficient (Wildman–Crippen LogP) is 3.66. The van der Waals surface area contributed by atoms with Gasteiger partial charge >= 0.3 is 0 Å². The number of rotatable bonds is 3. The fraction of sp³-hybridized carbons (Fsp3) is 0.769. The van der Waals surface area contributed by atoms with Gasteiger partial charge in [0.2, 0.25) is 0 Å². The van der Waals surface area contributed by atoms with E-state index in [1.54, 1.807) is 0 Å². The van der Waals surface area contributed by atoms with E-state index in [0.29, 0.717) is 17.3 Å². The summed E-state index contributed by atoms with van der Waals surface area (Å²) < 4.78 is 2.03. The molecule has 2 rings (SSSR count). The zero-order valence-corrected chi connectivity index (χ0v) is 11.1. The lowest BCUT2D eigenvalue weighted by atomic mass is 9.93. The molecule has 0 saturated heterocycles. The van der Waals surface area contributed by atoms with Crippen molar-refractivity contribution in [2.45, 2.75) is 51.5 Å². The quantitative estimate of drug-likeness (QED) is 0.738. The van der Waals surface area contributed by atoms with Crippen molar-refractivity contribution < 1.29 is 0 Å². The minimum atomic E-state index is 0.372. The smallest absolute Gasteiger partial charge is 0.0627 e. The highest BCUT2D eigenvalue weighted by Gasteiger charge is 2.31. The Kier molecular flexibility index (Phi) is 3.58. The Morgan fingerprint density at radius 1 is 1.50 bits per heavy atom. The van der Waals surface area contributed by atoms with Crippen LogP contribution in [0.5, 0.6) is 0 Å². The van der Waals surface area contributed by atoms with Gasteiger partial charge in [0, 0.05) is 17.6 Å². The Bertz CT molecular complexity index is 345. The van der Waals surface area contributed by atoms with Crippen LogP contribution < -0.4 is 0 Å². The van der Waals surface area contributed by atoms with E-state index < -0.39 is 0 Å². The number of nitrogens with zero attached hydrogens (tertiary/aromatic N) is 2. The van der Waals surface area contributed by atoms with Gasteiger partial charge in [-0.05, 0) is 51.0 Å². The zero-order chi connectivity index (χ0) is 11.7. The zero-order valence-electron chi connectivity index (χ0n) is 10.4. The first-order chi connectivity index (χ1) is 7.58. The summed E-state index contributed by atoms with van der Waals surface area (Å²) >= 11 is 6.25. The molecular formula is C13H21ClN2. The Morgan fingerprint density at radius 2 is 2.25 bits per heavy atom. The number of halogens is 1. The van der Waals surface area contributed by atoms with E-state index >= 15 is 0 Å². The second-order valence-corrected chi connectivity index (χ2v) is 5.86. The lowest BCUT2D eigenvalue weighted by Crippen LogP contribution is -2.13. The van der Waals surface area contributed by atoms with Crippen molar-refractivity contribution in [3.63, 3.8) is 0 Å². The van der Waals surface area contributed by atoms with Crippen molar-refractivity contribution in [2.24, 2.45) is 11.8 Å². The van der Waals surface area contributed by atoms with Gasteiger partial charge in [-0.3, -0.25) is 4.68 Å². The highest BCUT2D eigenvalue weighted by molar-refractivity contribution is 6.20. The fourth-order valence-corrected chi connectivity index (χ4v) is 2.86. The molecule has 0 radical (unpaired) electrons. The SMILES string of the molecule is CC1C(Cl)CCC1Cc1ccn(C(C)C)n1. The Balaban J connectivity index is 1.98. The van der Waals surface area contributed by atoms with Crippen LogP contribution in [0.15, 0.2) is 12.3 Å². The molecule has 0 N–H and O–H groups in total. The summed E-state index contributed by atoms with van der Waals surface area (Å²) in [4.78, 5) is 0. The summed E-state index contributed by atoms with van der Waals surface area (Å²) in [6, 6.07) is 2.60. The molecule has 1 heterocycles. The molecule has 1 saturated carbocycles. The summed E-state index contributed by atoms with van der Waals surface area (Å²) in [5.41, 5.74) is 1.22. The fourth-order valence-electron chi connectivity index (χ4n) is 2.52. The van der Waals surface area contributed by atoms with Gasteiger partial charge in [0.05, 0.1) is 5.69 Å². The third-order valence-corrected chi connectivity index (χ3v) is 4.41. The molecule has 3 heteroatoms. The average molecular weight is 241 g/mol. The first-order valence-corrected chi connectivity index (χ1v) is 6.69. The van der Waals surface area contributed by atoms with E-state index in [-0.39, 0.29) is 0 Å². The molecule has 16 heavy (non-hydrogen) atoms. The normalized spacial score (nSPS) is 30.2. The lowest BCUT2D eigenvalue weighted by molar-refractivity contribution is 0.411. The predicted molar refractivity (Wildman–Crippen MR) is 67.8 cm³/mol. The standard InChI is InChI=1S/C13H21ClN2/c1-9(2)16-7-6-12(15-16)8-11-4-5-13(14)10(11)3/h6-7,9-11,13H,4-5,8H2,1-3H3. The highest BCUT2D eigenvalue weighted by Crippen LogP contribution is 2.37. The molecule has 2 nitrogen and oxygen atoms in total. The summed E-state index contributed by atoms with van der Waals surface area (Å²) in [7, 11) is 0. The van der Waals surface area contributed by atoms with Crippen LogP contribution in [-0.4, -0.2) is 15.2 Å². The Hall–Kier alpha value is -0.500. The number of aromatic nitrogens is 2. The Labute approximate surface area is 103 Å². The van der Waals surface area contributed by atoms with Crippen molar-refractivity contribution in [1.82, 2.24) is 9.78 Å². The highest BCUT2D eigenvalue weighted by atomic mass is 35.5. The van der Waals surface area contributed by atoms with Crippen LogP contribution in [-0.2, 0) is 6.42 Å². The maximum atomic E-state index is 6.25. The number of alkyl halides is 1. The second-order valence-electron chi connectivity index (χ2n) is 5.30. The third-order valence-electron chi connectivity index (χ3n) is 3.79. The molecule has 0 aromatic carbocycles.